The first-order chi connectivity index (χ1) is 11.0. The molecule has 4 heteroatoms. The second-order valence-corrected chi connectivity index (χ2v) is 5.44. The summed E-state index contributed by atoms with van der Waals surface area (Å²) in [6.07, 6.45) is 0. The van der Waals surface area contributed by atoms with Gasteiger partial charge in [0.2, 0.25) is 0 Å². The Morgan fingerprint density at radius 1 is 1.04 bits per heavy atom. The molecule has 0 atom stereocenters. The van der Waals surface area contributed by atoms with Crippen LogP contribution in [0.15, 0.2) is 57.7 Å². The van der Waals surface area contributed by atoms with Crippen molar-refractivity contribution in [3.8, 4) is 0 Å². The number of rotatable bonds is 3. The standard InChI is InChI=1S/C19H16O4/c1-12-9-17(20)23-13(2)18(12)19(21)22-11-14-7-8-15-5-3-4-6-16(15)10-14/h3-10H,11H2,1-2H3. The fraction of sp³-hybridized carbons (Fsp3) is 0.158. The second-order valence-electron chi connectivity index (χ2n) is 5.44. The van der Waals surface area contributed by atoms with E-state index in [9.17, 15) is 9.59 Å². The van der Waals surface area contributed by atoms with E-state index in [1.54, 1.807) is 13.8 Å². The largest absolute Gasteiger partial charge is 0.457 e. The maximum Gasteiger partial charge on any atom is 0.342 e. The van der Waals surface area contributed by atoms with Gasteiger partial charge in [-0.05, 0) is 41.8 Å². The quantitative estimate of drug-likeness (QED) is 0.691. The number of carbonyl (C=O) groups excluding carboxylic acids is 1. The zero-order valence-corrected chi connectivity index (χ0v) is 13.0. The molecule has 1 aromatic heterocycles. The number of hydrogen-bond acceptors (Lipinski definition) is 4. The van der Waals surface area contributed by atoms with E-state index in [2.05, 4.69) is 0 Å². The van der Waals surface area contributed by atoms with E-state index in [0.717, 1.165) is 16.3 Å². The number of esters is 1. The molecule has 0 saturated heterocycles. The predicted molar refractivity (Wildman–Crippen MR) is 87.5 cm³/mol. The Morgan fingerprint density at radius 3 is 2.52 bits per heavy atom. The van der Waals surface area contributed by atoms with E-state index in [1.807, 2.05) is 42.5 Å². The Bertz CT molecular complexity index is 911. The molecule has 0 spiro atoms. The fourth-order valence-electron chi connectivity index (χ4n) is 2.61. The highest BCUT2D eigenvalue weighted by Gasteiger charge is 2.16. The van der Waals surface area contributed by atoms with Gasteiger partial charge in [-0.3, -0.25) is 0 Å². The Labute approximate surface area is 133 Å². The highest BCUT2D eigenvalue weighted by atomic mass is 16.5. The number of hydrogen-bond donors (Lipinski definition) is 0. The van der Waals surface area contributed by atoms with Crippen molar-refractivity contribution >= 4 is 16.7 Å². The van der Waals surface area contributed by atoms with Crippen LogP contribution in [0.5, 0.6) is 0 Å². The lowest BCUT2D eigenvalue weighted by Crippen LogP contribution is -2.12. The predicted octanol–water partition coefficient (Wildman–Crippen LogP) is 3.77. The zero-order valence-electron chi connectivity index (χ0n) is 13.0. The molecule has 0 amide bonds. The molecule has 116 valence electrons. The Kier molecular flexibility index (Phi) is 3.98. The Morgan fingerprint density at radius 2 is 1.78 bits per heavy atom. The van der Waals surface area contributed by atoms with Gasteiger partial charge >= 0.3 is 11.6 Å². The summed E-state index contributed by atoms with van der Waals surface area (Å²) in [4.78, 5) is 23.5. The minimum atomic E-state index is -0.489. The molecule has 2 aromatic carbocycles. The summed E-state index contributed by atoms with van der Waals surface area (Å²) in [6.45, 7) is 3.44. The third-order valence-corrected chi connectivity index (χ3v) is 3.72. The van der Waals surface area contributed by atoms with E-state index in [0.29, 0.717) is 11.1 Å². The first-order valence-corrected chi connectivity index (χ1v) is 7.31. The third kappa shape index (κ3) is 3.16. The van der Waals surface area contributed by atoms with Crippen LogP contribution in [0.25, 0.3) is 10.8 Å². The maximum absolute atomic E-state index is 12.3. The molecule has 0 aliphatic carbocycles. The lowest BCUT2D eigenvalue weighted by molar-refractivity contribution is 0.0467. The fourth-order valence-corrected chi connectivity index (χ4v) is 2.61. The number of fused-ring (bicyclic) bond motifs is 1. The van der Waals surface area contributed by atoms with Gasteiger partial charge in [0.05, 0.1) is 0 Å². The van der Waals surface area contributed by atoms with E-state index >= 15 is 0 Å². The van der Waals surface area contributed by atoms with E-state index in [1.165, 1.54) is 6.07 Å². The monoisotopic (exact) mass is 308 g/mol. The first-order valence-electron chi connectivity index (χ1n) is 7.31. The molecule has 0 unspecified atom stereocenters. The average molecular weight is 308 g/mol. The zero-order chi connectivity index (χ0) is 16.4. The summed E-state index contributed by atoms with van der Waals surface area (Å²) in [7, 11) is 0. The lowest BCUT2D eigenvalue weighted by atomic mass is 10.1. The van der Waals surface area contributed by atoms with Gasteiger partial charge in [-0.2, -0.15) is 0 Å². The summed E-state index contributed by atoms with van der Waals surface area (Å²) in [5.74, 6) is -0.213. The number of aryl methyl sites for hydroxylation is 2. The van der Waals surface area contributed by atoms with Crippen LogP contribution in [0.4, 0.5) is 0 Å². The molecule has 0 saturated carbocycles. The van der Waals surface area contributed by atoms with Crippen LogP contribution in [0.1, 0.15) is 27.2 Å². The summed E-state index contributed by atoms with van der Waals surface area (Å²) in [5, 5.41) is 2.23. The normalized spacial score (nSPS) is 10.7. The smallest absolute Gasteiger partial charge is 0.342 e. The molecule has 0 aliphatic rings. The Balaban J connectivity index is 1.79. The second kappa shape index (κ2) is 6.08. The first kappa shape index (κ1) is 15.0. The molecule has 23 heavy (non-hydrogen) atoms. The molecule has 4 nitrogen and oxygen atoms in total. The Hall–Kier alpha value is -2.88. The van der Waals surface area contributed by atoms with E-state index in [-0.39, 0.29) is 12.4 Å². The van der Waals surface area contributed by atoms with Gasteiger partial charge in [-0.25, -0.2) is 9.59 Å². The van der Waals surface area contributed by atoms with Gasteiger partial charge in [0.15, 0.2) is 0 Å². The van der Waals surface area contributed by atoms with Crippen LogP contribution in [0, 0.1) is 13.8 Å². The minimum Gasteiger partial charge on any atom is -0.457 e. The van der Waals surface area contributed by atoms with Crippen molar-refractivity contribution in [1.82, 2.24) is 0 Å². The molecular formula is C19H16O4. The van der Waals surface area contributed by atoms with Gasteiger partial charge in [-0.15, -0.1) is 0 Å². The van der Waals surface area contributed by atoms with Crippen molar-refractivity contribution in [2.45, 2.75) is 20.5 Å². The summed E-state index contributed by atoms with van der Waals surface area (Å²) < 4.78 is 10.3. The number of benzene rings is 2. The molecule has 0 bridgehead atoms. The van der Waals surface area contributed by atoms with Crippen LogP contribution in [0.3, 0.4) is 0 Å². The summed E-state index contributed by atoms with van der Waals surface area (Å²) in [5.41, 5.74) is 1.31. The highest BCUT2D eigenvalue weighted by Crippen LogP contribution is 2.18. The van der Waals surface area contributed by atoms with Gasteiger partial charge in [-0.1, -0.05) is 36.4 Å². The van der Waals surface area contributed by atoms with Crippen molar-refractivity contribution in [1.29, 1.82) is 0 Å². The van der Waals surface area contributed by atoms with Gasteiger partial charge < -0.3 is 9.15 Å². The molecule has 0 fully saturated rings. The van der Waals surface area contributed by atoms with Crippen LogP contribution < -0.4 is 5.63 Å². The number of carbonyl (C=O) groups is 1. The van der Waals surface area contributed by atoms with Crippen LogP contribution >= 0.6 is 0 Å². The molecule has 3 aromatic rings. The average Bonchev–Trinajstić information content (AvgIpc) is 2.51. The van der Waals surface area contributed by atoms with E-state index < -0.39 is 11.6 Å². The van der Waals surface area contributed by atoms with Gasteiger partial charge in [0, 0.05) is 6.07 Å². The molecular weight excluding hydrogens is 292 g/mol. The third-order valence-electron chi connectivity index (χ3n) is 3.72. The number of ether oxygens (including phenoxy) is 1. The van der Waals surface area contributed by atoms with Crippen molar-refractivity contribution < 1.29 is 13.9 Å². The van der Waals surface area contributed by atoms with Crippen molar-refractivity contribution in [3.63, 3.8) is 0 Å². The van der Waals surface area contributed by atoms with E-state index in [4.69, 9.17) is 9.15 Å². The van der Waals surface area contributed by atoms with Gasteiger partial charge in [0.25, 0.3) is 0 Å². The van der Waals surface area contributed by atoms with Crippen molar-refractivity contribution in [2.24, 2.45) is 0 Å². The van der Waals surface area contributed by atoms with Crippen LogP contribution in [-0.2, 0) is 11.3 Å². The molecule has 0 N–H and O–H groups in total. The molecule has 0 aliphatic heterocycles. The van der Waals surface area contributed by atoms with Crippen LogP contribution in [0.2, 0.25) is 0 Å². The molecule has 1 heterocycles. The van der Waals surface area contributed by atoms with Gasteiger partial charge in [0.1, 0.15) is 17.9 Å². The highest BCUT2D eigenvalue weighted by molar-refractivity contribution is 5.91. The minimum absolute atomic E-state index is 0.168. The topological polar surface area (TPSA) is 56.5 Å². The van der Waals surface area contributed by atoms with Crippen molar-refractivity contribution in [2.75, 3.05) is 0 Å². The summed E-state index contributed by atoms with van der Waals surface area (Å²) >= 11 is 0. The van der Waals surface area contributed by atoms with Crippen molar-refractivity contribution in [3.05, 3.63) is 81.4 Å². The maximum atomic E-state index is 12.3. The van der Waals surface area contributed by atoms with Crippen LogP contribution in [-0.4, -0.2) is 5.97 Å². The SMILES string of the molecule is Cc1cc(=O)oc(C)c1C(=O)OCc1ccc2ccccc2c1. The summed E-state index contributed by atoms with van der Waals surface area (Å²) in [6, 6.07) is 15.2. The molecule has 0 radical (unpaired) electrons. The lowest BCUT2D eigenvalue weighted by Gasteiger charge is -2.09. The molecule has 3 rings (SSSR count).